The lowest BCUT2D eigenvalue weighted by molar-refractivity contribution is 0.207. The average molecular weight is 268 g/mol. The summed E-state index contributed by atoms with van der Waals surface area (Å²) in [6.07, 6.45) is -0.556. The lowest BCUT2D eigenvalue weighted by Crippen LogP contribution is -2.05. The van der Waals surface area contributed by atoms with Crippen molar-refractivity contribution >= 4 is 26.8 Å². The highest BCUT2D eigenvalue weighted by molar-refractivity contribution is 9.09. The first-order valence-corrected chi connectivity index (χ1v) is 5.70. The molecule has 0 spiro atoms. The fourth-order valence-corrected chi connectivity index (χ4v) is 1.93. The molecule has 0 fully saturated rings. The van der Waals surface area contributed by atoms with E-state index in [9.17, 15) is 9.90 Å². The summed E-state index contributed by atoms with van der Waals surface area (Å²) < 4.78 is 0. The topological polar surface area (TPSA) is 53.1 Å². The third kappa shape index (κ3) is 1.96. The molecular formula is C11H10BrNO2. The van der Waals surface area contributed by atoms with Crippen LogP contribution in [0.2, 0.25) is 0 Å². The van der Waals surface area contributed by atoms with Gasteiger partial charge in [-0.1, -0.05) is 28.1 Å². The molecule has 0 radical (unpaired) electrons. The molecule has 0 bridgehead atoms. The first kappa shape index (κ1) is 10.4. The Kier molecular flexibility index (Phi) is 2.88. The minimum absolute atomic E-state index is 0.131. The monoisotopic (exact) mass is 267 g/mol. The van der Waals surface area contributed by atoms with Gasteiger partial charge in [0.05, 0.1) is 6.10 Å². The van der Waals surface area contributed by atoms with Gasteiger partial charge in [0.2, 0.25) is 5.56 Å². The SMILES string of the molecule is O=c1ccc2c(C(O)CBr)cccc2[nH]1. The molecule has 0 saturated heterocycles. The van der Waals surface area contributed by atoms with E-state index < -0.39 is 6.10 Å². The van der Waals surface area contributed by atoms with Crippen LogP contribution in [0.3, 0.4) is 0 Å². The van der Waals surface area contributed by atoms with E-state index in [1.54, 1.807) is 6.07 Å². The molecule has 2 aromatic rings. The highest BCUT2D eigenvalue weighted by Gasteiger charge is 2.09. The fraction of sp³-hybridized carbons (Fsp3) is 0.182. The van der Waals surface area contributed by atoms with Gasteiger partial charge in [-0.3, -0.25) is 4.79 Å². The van der Waals surface area contributed by atoms with Crippen LogP contribution in [0.4, 0.5) is 0 Å². The second-order valence-corrected chi connectivity index (χ2v) is 3.95. The van der Waals surface area contributed by atoms with E-state index in [0.717, 1.165) is 16.5 Å². The molecule has 4 heteroatoms. The Bertz CT molecular complexity index is 535. The highest BCUT2D eigenvalue weighted by atomic mass is 79.9. The number of aliphatic hydroxyl groups is 1. The average Bonchev–Trinajstić information content (AvgIpc) is 2.26. The molecule has 1 atom stereocenters. The van der Waals surface area contributed by atoms with Gasteiger partial charge < -0.3 is 10.1 Å². The molecule has 1 unspecified atom stereocenters. The van der Waals surface area contributed by atoms with Crippen molar-refractivity contribution in [2.24, 2.45) is 0 Å². The van der Waals surface area contributed by atoms with Crippen molar-refractivity contribution in [3.05, 3.63) is 46.2 Å². The van der Waals surface area contributed by atoms with Crippen LogP contribution >= 0.6 is 15.9 Å². The molecule has 2 N–H and O–H groups in total. The van der Waals surface area contributed by atoms with E-state index in [-0.39, 0.29) is 5.56 Å². The van der Waals surface area contributed by atoms with Crippen LogP contribution in [0.15, 0.2) is 35.1 Å². The van der Waals surface area contributed by atoms with Crippen molar-refractivity contribution in [3.8, 4) is 0 Å². The number of aromatic nitrogens is 1. The van der Waals surface area contributed by atoms with Gasteiger partial charge in [0, 0.05) is 22.3 Å². The molecule has 78 valence electrons. The molecule has 3 nitrogen and oxygen atoms in total. The molecule has 0 saturated carbocycles. The number of benzene rings is 1. The van der Waals surface area contributed by atoms with Crippen LogP contribution < -0.4 is 5.56 Å². The maximum absolute atomic E-state index is 11.1. The smallest absolute Gasteiger partial charge is 0.248 e. The van der Waals surface area contributed by atoms with Gasteiger partial charge in [-0.15, -0.1) is 0 Å². The van der Waals surface area contributed by atoms with Gasteiger partial charge in [0.15, 0.2) is 0 Å². The molecular weight excluding hydrogens is 258 g/mol. The predicted molar refractivity (Wildman–Crippen MR) is 63.3 cm³/mol. The quantitative estimate of drug-likeness (QED) is 0.818. The number of rotatable bonds is 2. The number of aromatic amines is 1. The molecule has 1 aromatic heterocycles. The lowest BCUT2D eigenvalue weighted by atomic mass is 10.0. The Labute approximate surface area is 94.9 Å². The van der Waals surface area contributed by atoms with Crippen molar-refractivity contribution in [2.75, 3.05) is 5.33 Å². The minimum Gasteiger partial charge on any atom is -0.388 e. The predicted octanol–water partition coefficient (Wildman–Crippen LogP) is 1.96. The van der Waals surface area contributed by atoms with Crippen molar-refractivity contribution in [3.63, 3.8) is 0 Å². The summed E-state index contributed by atoms with van der Waals surface area (Å²) >= 11 is 3.23. The van der Waals surface area contributed by atoms with Crippen molar-refractivity contribution in [2.45, 2.75) is 6.10 Å². The van der Waals surface area contributed by atoms with Crippen LogP contribution in [-0.2, 0) is 0 Å². The number of nitrogens with one attached hydrogen (secondary N) is 1. The fourth-order valence-electron chi connectivity index (χ4n) is 1.59. The first-order chi connectivity index (χ1) is 7.22. The van der Waals surface area contributed by atoms with Crippen LogP contribution in [0, 0.1) is 0 Å². The van der Waals surface area contributed by atoms with Crippen molar-refractivity contribution in [1.29, 1.82) is 0 Å². The number of H-pyrrole nitrogens is 1. The Morgan fingerprint density at radius 3 is 2.87 bits per heavy atom. The van der Waals surface area contributed by atoms with Gasteiger partial charge in [-0.2, -0.15) is 0 Å². The number of alkyl halides is 1. The minimum atomic E-state index is -0.556. The number of fused-ring (bicyclic) bond motifs is 1. The first-order valence-electron chi connectivity index (χ1n) is 4.58. The zero-order valence-electron chi connectivity index (χ0n) is 7.90. The van der Waals surface area contributed by atoms with Gasteiger partial charge >= 0.3 is 0 Å². The summed E-state index contributed by atoms with van der Waals surface area (Å²) in [4.78, 5) is 13.8. The normalized spacial score (nSPS) is 12.9. The maximum atomic E-state index is 11.1. The molecule has 0 aliphatic carbocycles. The largest absolute Gasteiger partial charge is 0.388 e. The summed E-state index contributed by atoms with van der Waals surface area (Å²) in [5, 5.41) is 11.1. The van der Waals surface area contributed by atoms with E-state index in [1.165, 1.54) is 6.07 Å². The van der Waals surface area contributed by atoms with Crippen molar-refractivity contribution < 1.29 is 5.11 Å². The Morgan fingerprint density at radius 1 is 1.33 bits per heavy atom. The zero-order valence-corrected chi connectivity index (χ0v) is 9.49. The number of hydrogen-bond donors (Lipinski definition) is 2. The molecule has 0 aliphatic rings. The van der Waals surface area contributed by atoms with E-state index in [2.05, 4.69) is 20.9 Å². The lowest BCUT2D eigenvalue weighted by Gasteiger charge is -2.10. The summed E-state index contributed by atoms with van der Waals surface area (Å²) in [7, 11) is 0. The molecule has 15 heavy (non-hydrogen) atoms. The number of halogens is 1. The highest BCUT2D eigenvalue weighted by Crippen LogP contribution is 2.23. The molecule has 2 rings (SSSR count). The van der Waals surface area contributed by atoms with Crippen LogP contribution in [-0.4, -0.2) is 15.4 Å². The van der Waals surface area contributed by atoms with Crippen LogP contribution in [0.5, 0.6) is 0 Å². The number of pyridine rings is 1. The Balaban J connectivity index is 2.71. The van der Waals surface area contributed by atoms with Crippen molar-refractivity contribution in [1.82, 2.24) is 4.98 Å². The molecule has 0 aliphatic heterocycles. The molecule has 0 amide bonds. The molecule has 1 heterocycles. The van der Waals surface area contributed by atoms with E-state index >= 15 is 0 Å². The number of hydrogen-bond acceptors (Lipinski definition) is 2. The summed E-state index contributed by atoms with van der Waals surface area (Å²) in [6.45, 7) is 0. The van der Waals surface area contributed by atoms with Gasteiger partial charge in [-0.05, 0) is 17.7 Å². The summed E-state index contributed by atoms with van der Waals surface area (Å²) in [5.41, 5.74) is 1.44. The van der Waals surface area contributed by atoms with E-state index in [1.807, 2.05) is 18.2 Å². The molecule has 1 aromatic carbocycles. The second kappa shape index (κ2) is 4.16. The van der Waals surface area contributed by atoms with Gasteiger partial charge in [0.1, 0.15) is 0 Å². The van der Waals surface area contributed by atoms with Crippen LogP contribution in [0.1, 0.15) is 11.7 Å². The van der Waals surface area contributed by atoms with E-state index in [0.29, 0.717) is 5.33 Å². The number of aliphatic hydroxyl groups excluding tert-OH is 1. The summed E-state index contributed by atoms with van der Waals surface area (Å²) in [5.74, 6) is 0. The van der Waals surface area contributed by atoms with Gasteiger partial charge in [0.25, 0.3) is 0 Å². The zero-order chi connectivity index (χ0) is 10.8. The third-order valence-corrected chi connectivity index (χ3v) is 2.92. The third-order valence-electron chi connectivity index (χ3n) is 2.30. The van der Waals surface area contributed by atoms with Crippen LogP contribution in [0.25, 0.3) is 10.9 Å². The van der Waals surface area contributed by atoms with E-state index in [4.69, 9.17) is 0 Å². The Morgan fingerprint density at radius 2 is 2.13 bits per heavy atom. The van der Waals surface area contributed by atoms with Gasteiger partial charge in [-0.25, -0.2) is 0 Å². The Hall–Kier alpha value is -1.13. The second-order valence-electron chi connectivity index (χ2n) is 3.30. The standard InChI is InChI=1S/C11H10BrNO2/c12-6-10(14)8-2-1-3-9-7(8)4-5-11(15)13-9/h1-5,10,14H,6H2,(H,13,15). The summed E-state index contributed by atoms with van der Waals surface area (Å²) in [6, 6.07) is 8.69. The maximum Gasteiger partial charge on any atom is 0.248 e.